The van der Waals surface area contributed by atoms with Gasteiger partial charge >= 0.3 is 0 Å². The Morgan fingerprint density at radius 3 is 2.70 bits per heavy atom. The van der Waals surface area contributed by atoms with Gasteiger partial charge in [-0.3, -0.25) is 9.69 Å². The van der Waals surface area contributed by atoms with E-state index in [0.717, 1.165) is 61.4 Å². The smallest absolute Gasteiger partial charge is 0.251 e. The third kappa shape index (κ3) is 5.98. The average molecular weight is 543 g/mol. The first-order chi connectivity index (χ1) is 19.3. The number of carbonyl (C=O) groups is 1. The summed E-state index contributed by atoms with van der Waals surface area (Å²) in [7, 11) is 2.34. The monoisotopic (exact) mass is 542 g/mol. The van der Waals surface area contributed by atoms with Crippen LogP contribution >= 0.6 is 0 Å². The summed E-state index contributed by atoms with van der Waals surface area (Å²) in [6.45, 7) is 9.58. The van der Waals surface area contributed by atoms with Gasteiger partial charge in [0.15, 0.2) is 0 Å². The van der Waals surface area contributed by atoms with Gasteiger partial charge in [-0.25, -0.2) is 4.39 Å². The summed E-state index contributed by atoms with van der Waals surface area (Å²) in [5.74, 6) is -0.356. The molecule has 210 valence electrons. The van der Waals surface area contributed by atoms with E-state index in [-0.39, 0.29) is 11.7 Å². The molecule has 0 radical (unpaired) electrons. The summed E-state index contributed by atoms with van der Waals surface area (Å²) in [6, 6.07) is 23.0. The van der Waals surface area contributed by atoms with Crippen LogP contribution in [0.15, 0.2) is 66.7 Å². The minimum atomic E-state index is -0.252. The maximum Gasteiger partial charge on any atom is 0.251 e. The van der Waals surface area contributed by atoms with Crippen molar-refractivity contribution in [3.8, 4) is 11.1 Å². The molecule has 0 spiro atoms. The van der Waals surface area contributed by atoms with Crippen LogP contribution in [0.2, 0.25) is 0 Å². The quantitative estimate of drug-likeness (QED) is 0.378. The zero-order chi connectivity index (χ0) is 27.7. The molecule has 0 aromatic heterocycles. The number of halogens is 1. The van der Waals surface area contributed by atoms with E-state index in [0.29, 0.717) is 35.8 Å². The summed E-state index contributed by atoms with van der Waals surface area (Å²) in [5, 5.41) is 10.1. The van der Waals surface area contributed by atoms with Gasteiger partial charge in [0, 0.05) is 68.4 Å². The normalized spacial score (nSPS) is 26.2. The van der Waals surface area contributed by atoms with Gasteiger partial charge in [-0.2, -0.15) is 0 Å². The van der Waals surface area contributed by atoms with E-state index in [2.05, 4.69) is 53.0 Å². The zero-order valence-electron chi connectivity index (χ0n) is 23.6. The van der Waals surface area contributed by atoms with Gasteiger partial charge in [-0.15, -0.1) is 0 Å². The SMILES string of the molecule is C[C@H]1CN(Cc2cccc(-c3cc(CNC(=O)c4cccc(C[N+]5(C)CC6CC5CN6)c4)ccc3F)c2)CCN1. The number of likely N-dealkylation sites (tertiary alicyclic amines) is 1. The summed E-state index contributed by atoms with van der Waals surface area (Å²) in [4.78, 5) is 15.5. The van der Waals surface area contributed by atoms with Crippen molar-refractivity contribution < 1.29 is 13.7 Å². The van der Waals surface area contributed by atoms with E-state index in [1.165, 1.54) is 23.6 Å². The molecule has 0 saturated carbocycles. The lowest BCUT2D eigenvalue weighted by Crippen LogP contribution is -2.55. The maximum atomic E-state index is 14.9. The Morgan fingerprint density at radius 2 is 1.90 bits per heavy atom. The molecule has 6 rings (SSSR count). The van der Waals surface area contributed by atoms with Crippen molar-refractivity contribution in [2.45, 2.75) is 51.1 Å². The van der Waals surface area contributed by atoms with Crippen LogP contribution in [-0.4, -0.2) is 73.2 Å². The molecule has 3 saturated heterocycles. The van der Waals surface area contributed by atoms with Gasteiger partial charge in [0.05, 0.1) is 19.6 Å². The number of benzene rings is 3. The fourth-order valence-corrected chi connectivity index (χ4v) is 6.93. The fraction of sp³-hybridized carbons (Fsp3) is 0.424. The van der Waals surface area contributed by atoms with Crippen molar-refractivity contribution in [2.75, 3.05) is 39.8 Å². The topological polar surface area (TPSA) is 56.4 Å². The molecule has 3 aliphatic rings. The average Bonchev–Trinajstić information content (AvgIpc) is 3.53. The zero-order valence-corrected chi connectivity index (χ0v) is 23.6. The molecule has 1 amide bonds. The molecule has 4 atom stereocenters. The number of fused-ring (bicyclic) bond motifs is 2. The van der Waals surface area contributed by atoms with Crippen LogP contribution in [0.4, 0.5) is 4.39 Å². The van der Waals surface area contributed by atoms with Gasteiger partial charge < -0.3 is 20.4 Å². The molecule has 3 heterocycles. The number of rotatable bonds is 8. The highest BCUT2D eigenvalue weighted by atomic mass is 19.1. The highest BCUT2D eigenvalue weighted by Crippen LogP contribution is 2.32. The van der Waals surface area contributed by atoms with Crippen LogP contribution in [0.1, 0.15) is 40.4 Å². The second-order valence-electron chi connectivity index (χ2n) is 12.3. The predicted octanol–water partition coefficient (Wildman–Crippen LogP) is 3.91. The lowest BCUT2D eigenvalue weighted by atomic mass is 10.00. The molecule has 0 aliphatic carbocycles. The molecular formula is C33H41FN5O+. The molecule has 3 aromatic rings. The Morgan fingerprint density at radius 1 is 1.05 bits per heavy atom. The van der Waals surface area contributed by atoms with Gasteiger partial charge in [-0.05, 0) is 53.9 Å². The van der Waals surface area contributed by atoms with E-state index in [4.69, 9.17) is 0 Å². The van der Waals surface area contributed by atoms with Crippen molar-refractivity contribution >= 4 is 5.91 Å². The van der Waals surface area contributed by atoms with Crippen LogP contribution in [0.3, 0.4) is 0 Å². The summed E-state index contributed by atoms with van der Waals surface area (Å²) in [6.07, 6.45) is 1.25. The molecule has 6 nitrogen and oxygen atoms in total. The number of piperazine rings is 2. The molecular weight excluding hydrogens is 501 g/mol. The number of likely N-dealkylation sites (N-methyl/N-ethyl adjacent to an activating group) is 1. The molecule has 2 bridgehead atoms. The van der Waals surface area contributed by atoms with E-state index in [1.54, 1.807) is 6.07 Å². The second kappa shape index (κ2) is 11.4. The summed E-state index contributed by atoms with van der Waals surface area (Å²) >= 11 is 0. The van der Waals surface area contributed by atoms with Crippen molar-refractivity contribution in [3.05, 3.63) is 94.8 Å². The summed E-state index contributed by atoms with van der Waals surface area (Å²) < 4.78 is 16.0. The predicted molar refractivity (Wildman–Crippen MR) is 157 cm³/mol. The molecule has 3 N–H and O–H groups in total. The Labute approximate surface area is 237 Å². The van der Waals surface area contributed by atoms with Crippen molar-refractivity contribution in [2.24, 2.45) is 0 Å². The Balaban J connectivity index is 1.10. The van der Waals surface area contributed by atoms with Crippen LogP contribution in [-0.2, 0) is 19.6 Å². The van der Waals surface area contributed by atoms with Gasteiger partial charge in [-0.1, -0.05) is 36.4 Å². The van der Waals surface area contributed by atoms with Gasteiger partial charge in [0.2, 0.25) is 0 Å². The largest absolute Gasteiger partial charge is 0.348 e. The highest BCUT2D eigenvalue weighted by Gasteiger charge is 2.48. The first kappa shape index (κ1) is 27.1. The number of nitrogens with one attached hydrogen (secondary N) is 3. The van der Waals surface area contributed by atoms with E-state index in [1.807, 2.05) is 36.4 Å². The third-order valence-corrected chi connectivity index (χ3v) is 9.03. The van der Waals surface area contributed by atoms with Gasteiger partial charge in [0.25, 0.3) is 5.91 Å². The maximum absolute atomic E-state index is 14.9. The second-order valence-corrected chi connectivity index (χ2v) is 12.3. The molecule has 40 heavy (non-hydrogen) atoms. The van der Waals surface area contributed by atoms with E-state index < -0.39 is 0 Å². The molecule has 3 aromatic carbocycles. The Bertz CT molecular complexity index is 1380. The standard InChI is InChI=1S/C33H40FN5O/c1-23-19-38(12-11-35-23)20-25-5-3-7-27(13-25)31-15-24(9-10-32(31)34)17-37-33(40)28-8-4-6-26(14-28)21-39(2)22-29-16-30(39)18-36-29/h3-10,13-15,23,29-30,35-36H,11-12,16-22H2,1-2H3/p+1/t23-,29?,30?,39?/m0/s1. The van der Waals surface area contributed by atoms with E-state index in [9.17, 15) is 9.18 Å². The van der Waals surface area contributed by atoms with Crippen molar-refractivity contribution in [1.29, 1.82) is 0 Å². The third-order valence-electron chi connectivity index (χ3n) is 9.03. The number of hydrogen-bond acceptors (Lipinski definition) is 4. The minimum Gasteiger partial charge on any atom is -0.348 e. The molecule has 3 aliphatic heterocycles. The first-order valence-electron chi connectivity index (χ1n) is 14.6. The molecule has 3 fully saturated rings. The Kier molecular flexibility index (Phi) is 7.73. The van der Waals surface area contributed by atoms with Crippen molar-refractivity contribution in [1.82, 2.24) is 20.9 Å². The lowest BCUT2D eigenvalue weighted by Gasteiger charge is -2.38. The number of hydrogen-bond donors (Lipinski definition) is 3. The van der Waals surface area contributed by atoms with Crippen LogP contribution in [0.25, 0.3) is 11.1 Å². The van der Waals surface area contributed by atoms with Crippen LogP contribution in [0, 0.1) is 5.82 Å². The minimum absolute atomic E-state index is 0.104. The van der Waals surface area contributed by atoms with Crippen LogP contribution in [0.5, 0.6) is 0 Å². The van der Waals surface area contributed by atoms with E-state index >= 15 is 0 Å². The molecule has 3 unspecified atom stereocenters. The highest BCUT2D eigenvalue weighted by molar-refractivity contribution is 5.94. The first-order valence-corrected chi connectivity index (χ1v) is 14.6. The number of quaternary nitrogens is 1. The molecule has 7 heteroatoms. The van der Waals surface area contributed by atoms with Crippen molar-refractivity contribution in [3.63, 3.8) is 0 Å². The lowest BCUT2D eigenvalue weighted by molar-refractivity contribution is -0.936. The Hall–Kier alpha value is -3.10. The summed E-state index contributed by atoms with van der Waals surface area (Å²) in [5.41, 5.74) is 5.35. The fourth-order valence-electron chi connectivity index (χ4n) is 6.93. The number of carbonyl (C=O) groups excluding carboxylic acids is 1. The van der Waals surface area contributed by atoms with Gasteiger partial charge in [0.1, 0.15) is 18.4 Å². The number of nitrogens with zero attached hydrogens (tertiary/aromatic N) is 2. The van der Waals surface area contributed by atoms with Crippen LogP contribution < -0.4 is 16.0 Å². The number of amides is 1.